The van der Waals surface area contributed by atoms with Crippen LogP contribution in [0.2, 0.25) is 0 Å². The Kier molecular flexibility index (Phi) is 21.3. The maximum absolute atomic E-state index is 13.6. The number of esters is 1. The van der Waals surface area contributed by atoms with Gasteiger partial charge in [0.25, 0.3) is 11.9 Å². The Morgan fingerprint density at radius 2 is 1.31 bits per heavy atom. The van der Waals surface area contributed by atoms with Crippen LogP contribution in [0.15, 0.2) is 53.1 Å². The number of carboxylic acid groups (broad SMARTS) is 1. The standard InChI is InChI=1S/C45H63N7O13S.HI/c1-42(2,3)61-37(56)32(65-51-34(36(54)55)31-26-66-38(47-31)50-41(59)64-45(10,11)12)25-60-29-20-17-27(18-21-29)28-19-22-33(52(13)24-28)49-35(53)30(48-40(58)63-44(7,8)9)16-14-15-23-46-39(57)62-43(4,5)6;/h17-22,24,26,30,32H,14-16,23,25H2,1-13H3,(H4,46,47,48,50,54,55,57,58,59);1H/b51-34-;/t30-,32-;/m0./s1. The van der Waals surface area contributed by atoms with E-state index in [1.807, 2.05) is 0 Å². The van der Waals surface area contributed by atoms with E-state index < -0.39 is 83.0 Å². The van der Waals surface area contributed by atoms with Crippen molar-refractivity contribution in [3.8, 4) is 16.9 Å². The van der Waals surface area contributed by atoms with Crippen molar-refractivity contribution in [2.75, 3.05) is 23.8 Å². The second-order valence-corrected chi connectivity index (χ2v) is 19.8. The number of benzene rings is 1. The van der Waals surface area contributed by atoms with Gasteiger partial charge in [0.15, 0.2) is 5.13 Å². The molecule has 0 saturated heterocycles. The third-order valence-electron chi connectivity index (χ3n) is 8.07. The summed E-state index contributed by atoms with van der Waals surface area (Å²) < 4.78 is 29.0. The van der Waals surface area contributed by atoms with Crippen molar-refractivity contribution in [1.82, 2.24) is 15.6 Å². The van der Waals surface area contributed by atoms with Crippen molar-refractivity contribution in [3.05, 3.63) is 53.7 Å². The van der Waals surface area contributed by atoms with Gasteiger partial charge in [-0.25, -0.2) is 43.6 Å². The minimum Gasteiger partial charge on any atom is -1.00 e. The lowest BCUT2D eigenvalue weighted by Crippen LogP contribution is -3.00. The van der Waals surface area contributed by atoms with Crippen molar-refractivity contribution in [3.63, 3.8) is 0 Å². The summed E-state index contributed by atoms with van der Waals surface area (Å²) in [6.07, 6.45) is -0.481. The van der Waals surface area contributed by atoms with Gasteiger partial charge in [-0.15, -0.1) is 11.3 Å². The first kappa shape index (κ1) is 57.3. The number of halogens is 1. The number of nitrogens with one attached hydrogen (secondary N) is 4. The Hall–Kier alpha value is -5.78. The largest absolute Gasteiger partial charge is 1.00 e. The first-order valence-corrected chi connectivity index (χ1v) is 22.0. The lowest BCUT2D eigenvalue weighted by Gasteiger charge is -2.23. The van der Waals surface area contributed by atoms with E-state index in [2.05, 4.69) is 31.4 Å². The van der Waals surface area contributed by atoms with Crippen LogP contribution < -0.4 is 54.5 Å². The van der Waals surface area contributed by atoms with Crippen LogP contribution in [-0.2, 0) is 45.2 Å². The lowest BCUT2D eigenvalue weighted by molar-refractivity contribution is -0.656. The highest BCUT2D eigenvalue weighted by atomic mass is 127. The highest BCUT2D eigenvalue weighted by molar-refractivity contribution is 7.14. The van der Waals surface area contributed by atoms with Crippen LogP contribution in [0.1, 0.15) is 108 Å². The summed E-state index contributed by atoms with van der Waals surface area (Å²) in [6.45, 7) is 20.4. The molecule has 67 heavy (non-hydrogen) atoms. The molecular formula is C45H64IN7O13S. The number of hydrogen-bond acceptors (Lipinski definition) is 15. The number of alkyl carbamates (subject to hydrolysis) is 2. The number of carboxylic acids is 1. The minimum atomic E-state index is -1.51. The average molecular weight is 1070 g/mol. The zero-order valence-electron chi connectivity index (χ0n) is 40.3. The number of amides is 4. The first-order valence-electron chi connectivity index (χ1n) is 21.1. The summed E-state index contributed by atoms with van der Waals surface area (Å²) in [5.41, 5.74) is -2.34. The molecule has 0 radical (unpaired) electrons. The molecule has 1 aromatic carbocycles. The number of pyridine rings is 1. The quantitative estimate of drug-likeness (QED) is 0.0229. The second kappa shape index (κ2) is 24.8. The summed E-state index contributed by atoms with van der Waals surface area (Å²) in [6, 6.07) is 9.44. The molecule has 370 valence electrons. The van der Waals surface area contributed by atoms with Crippen LogP contribution in [0.3, 0.4) is 0 Å². The molecule has 0 fully saturated rings. The van der Waals surface area contributed by atoms with Gasteiger partial charge in [0, 0.05) is 23.6 Å². The molecule has 0 unspecified atom stereocenters. The average Bonchev–Trinajstić information content (AvgIpc) is 3.60. The molecule has 20 nitrogen and oxygen atoms in total. The number of unbranched alkanes of at least 4 members (excludes halogenated alkanes) is 1. The monoisotopic (exact) mass is 1070 g/mol. The van der Waals surface area contributed by atoms with Crippen LogP contribution in [0.25, 0.3) is 11.1 Å². The molecule has 4 amide bonds. The Labute approximate surface area is 412 Å². The summed E-state index contributed by atoms with van der Waals surface area (Å²) in [7, 11) is 1.75. The third-order valence-corrected chi connectivity index (χ3v) is 8.82. The molecule has 0 aliphatic heterocycles. The Morgan fingerprint density at radius 1 is 0.746 bits per heavy atom. The lowest BCUT2D eigenvalue weighted by atomic mass is 10.1. The van der Waals surface area contributed by atoms with Gasteiger partial charge in [-0.05, 0) is 126 Å². The molecule has 0 spiro atoms. The summed E-state index contributed by atoms with van der Waals surface area (Å²) in [4.78, 5) is 85.3. The van der Waals surface area contributed by atoms with E-state index in [9.17, 15) is 33.9 Å². The number of nitrogens with zero attached hydrogens (tertiary/aromatic N) is 3. The van der Waals surface area contributed by atoms with E-state index in [0.717, 1.165) is 22.5 Å². The molecule has 0 aliphatic rings. The van der Waals surface area contributed by atoms with E-state index in [-0.39, 0.29) is 41.2 Å². The number of rotatable bonds is 18. The highest BCUT2D eigenvalue weighted by Gasteiger charge is 2.31. The maximum atomic E-state index is 13.6. The number of aromatic nitrogens is 2. The Morgan fingerprint density at radius 3 is 1.88 bits per heavy atom. The summed E-state index contributed by atoms with van der Waals surface area (Å²) in [5, 5.41) is 25.7. The van der Waals surface area contributed by atoms with Crippen LogP contribution in [0, 0.1) is 0 Å². The molecular weight excluding hydrogens is 1010 g/mol. The molecule has 5 N–H and O–H groups in total. The SMILES string of the molecule is C[n+]1cc(-c2ccc(OC[C@H](O/N=C(\C(=O)O)c3csc(NC(=O)OC(C)(C)C)n3)C(=O)OC(C)(C)C)cc2)ccc1NC(=O)[C@H](CCCCNC(=O)OC(C)(C)C)NC(=O)OC(C)(C)C.[I-]. The van der Waals surface area contributed by atoms with Gasteiger partial charge in [0.05, 0.1) is 13.2 Å². The van der Waals surface area contributed by atoms with Gasteiger partial charge < -0.3 is 68.2 Å². The van der Waals surface area contributed by atoms with E-state index in [1.165, 1.54) is 5.38 Å². The topological polar surface area (TPSA) is 255 Å². The zero-order valence-corrected chi connectivity index (χ0v) is 43.3. The van der Waals surface area contributed by atoms with Gasteiger partial charge >= 0.3 is 36.1 Å². The zero-order chi connectivity index (χ0) is 49.6. The first-order chi connectivity index (χ1) is 30.5. The summed E-state index contributed by atoms with van der Waals surface area (Å²) >= 11 is 0.932. The molecule has 0 saturated carbocycles. The molecule has 2 atom stereocenters. The normalized spacial score (nSPS) is 12.8. The number of anilines is 2. The molecule has 2 aromatic heterocycles. The number of carbonyl (C=O) groups excluding carboxylic acids is 5. The van der Waals surface area contributed by atoms with Crippen molar-refractivity contribution in [2.45, 2.75) is 137 Å². The van der Waals surface area contributed by atoms with E-state index in [4.69, 9.17) is 28.5 Å². The Bertz CT molecular complexity index is 2210. The number of carbonyl (C=O) groups is 6. The number of thiazole rings is 1. The number of oxime groups is 1. The van der Waals surface area contributed by atoms with Gasteiger partial charge in [0.1, 0.15) is 46.5 Å². The van der Waals surface area contributed by atoms with Crippen molar-refractivity contribution < 1.29 is 90.9 Å². The van der Waals surface area contributed by atoms with E-state index in [0.29, 0.717) is 31.0 Å². The van der Waals surface area contributed by atoms with Gasteiger partial charge in [-0.1, -0.05) is 17.3 Å². The fraction of sp³-hybridized carbons (Fsp3) is 0.533. The maximum Gasteiger partial charge on any atom is 0.413 e. The smallest absolute Gasteiger partial charge is 0.413 e. The Balaban J connectivity index is 0.0000154. The van der Waals surface area contributed by atoms with Crippen molar-refractivity contribution in [2.24, 2.45) is 12.2 Å². The number of hydrogen-bond donors (Lipinski definition) is 5. The third kappa shape index (κ3) is 22.0. The van der Waals surface area contributed by atoms with Gasteiger partial charge in [-0.3, -0.25) is 5.32 Å². The van der Waals surface area contributed by atoms with Crippen LogP contribution in [0.4, 0.5) is 25.3 Å². The molecule has 0 bridgehead atoms. The predicted molar refractivity (Wildman–Crippen MR) is 245 cm³/mol. The number of aliphatic carboxylic acids is 1. The number of aryl methyl sites for hydroxylation is 1. The summed E-state index contributed by atoms with van der Waals surface area (Å²) in [5.74, 6) is -2.05. The minimum absolute atomic E-state index is 0. The van der Waals surface area contributed by atoms with Crippen LogP contribution in [0.5, 0.6) is 5.75 Å². The van der Waals surface area contributed by atoms with Crippen LogP contribution >= 0.6 is 11.3 Å². The number of ether oxygens (including phenoxy) is 5. The van der Waals surface area contributed by atoms with Crippen molar-refractivity contribution in [1.29, 1.82) is 0 Å². The molecule has 2 heterocycles. The molecule has 0 aliphatic carbocycles. The highest BCUT2D eigenvalue weighted by Crippen LogP contribution is 2.24. The van der Waals surface area contributed by atoms with Gasteiger partial charge in [-0.2, -0.15) is 0 Å². The van der Waals surface area contributed by atoms with Crippen LogP contribution in [-0.4, -0.2) is 99.6 Å². The van der Waals surface area contributed by atoms with Crippen molar-refractivity contribution >= 4 is 64.1 Å². The fourth-order valence-electron chi connectivity index (χ4n) is 5.39. The fourth-order valence-corrected chi connectivity index (χ4v) is 6.07. The van der Waals surface area contributed by atoms with E-state index >= 15 is 0 Å². The van der Waals surface area contributed by atoms with Gasteiger partial charge in [0.2, 0.25) is 5.71 Å². The predicted octanol–water partition coefficient (Wildman–Crippen LogP) is 4.11. The molecule has 3 rings (SSSR count). The van der Waals surface area contributed by atoms with E-state index in [1.54, 1.807) is 137 Å². The second-order valence-electron chi connectivity index (χ2n) is 18.9. The molecule has 3 aromatic rings. The molecule has 22 heteroatoms.